The Bertz CT molecular complexity index is 916. The first-order valence-electron chi connectivity index (χ1n) is 8.50. The first-order valence-corrected chi connectivity index (χ1v) is 8.50. The molecular weight excluding hydrogens is 397 g/mol. The van der Waals surface area contributed by atoms with Crippen molar-refractivity contribution in [1.82, 2.24) is 5.32 Å². The Kier molecular flexibility index (Phi) is 7.46. The number of nitrogens with one attached hydrogen (secondary N) is 1. The highest BCUT2D eigenvalue weighted by Gasteiger charge is 2.29. The molecule has 0 aliphatic carbocycles. The lowest BCUT2D eigenvalue weighted by molar-refractivity contribution is -0.138. The summed E-state index contributed by atoms with van der Waals surface area (Å²) in [5.74, 6) is -14.0. The highest BCUT2D eigenvalue weighted by Crippen LogP contribution is 2.24. The van der Waals surface area contributed by atoms with Gasteiger partial charge in [-0.1, -0.05) is 30.3 Å². The maximum atomic E-state index is 13.8. The average molecular weight is 413 g/mol. The minimum atomic E-state index is -2.38. The second kappa shape index (κ2) is 9.81. The van der Waals surface area contributed by atoms with Crippen LogP contribution in [0.15, 0.2) is 42.1 Å². The third-order valence-electron chi connectivity index (χ3n) is 3.80. The second-order valence-corrected chi connectivity index (χ2v) is 5.75. The van der Waals surface area contributed by atoms with Gasteiger partial charge in [0.15, 0.2) is 29.1 Å². The molecular formula is C20H16F5NO3. The molecule has 0 unspecified atom stereocenters. The topological polar surface area (TPSA) is 55.4 Å². The summed E-state index contributed by atoms with van der Waals surface area (Å²) in [6, 6.07) is 9.03. The first kappa shape index (κ1) is 22.1. The van der Waals surface area contributed by atoms with Gasteiger partial charge in [-0.05, 0) is 18.9 Å². The molecule has 0 aliphatic heterocycles. The van der Waals surface area contributed by atoms with E-state index < -0.39 is 52.1 Å². The summed E-state index contributed by atoms with van der Waals surface area (Å²) in [6.07, 6.45) is 0.871. The van der Waals surface area contributed by atoms with Crippen LogP contribution >= 0.6 is 0 Å². The molecule has 0 saturated heterocycles. The maximum absolute atomic E-state index is 13.8. The van der Waals surface area contributed by atoms with Crippen molar-refractivity contribution in [3.05, 3.63) is 82.3 Å². The van der Waals surface area contributed by atoms with Gasteiger partial charge in [-0.25, -0.2) is 26.7 Å². The SMILES string of the molecule is CCOC(=O)C(=CC(=O)c1c(F)c(F)c(F)c(F)c1F)NCCc1ccccc1. The van der Waals surface area contributed by atoms with Crippen molar-refractivity contribution in [2.24, 2.45) is 0 Å². The molecule has 0 heterocycles. The number of benzene rings is 2. The van der Waals surface area contributed by atoms with Gasteiger partial charge in [0.1, 0.15) is 5.70 Å². The van der Waals surface area contributed by atoms with Gasteiger partial charge >= 0.3 is 5.97 Å². The molecule has 0 atom stereocenters. The predicted molar refractivity (Wildman–Crippen MR) is 93.4 cm³/mol. The van der Waals surface area contributed by atoms with Crippen LogP contribution in [-0.2, 0) is 16.0 Å². The van der Waals surface area contributed by atoms with E-state index in [2.05, 4.69) is 5.32 Å². The highest BCUT2D eigenvalue weighted by molar-refractivity contribution is 6.08. The van der Waals surface area contributed by atoms with E-state index in [0.29, 0.717) is 12.5 Å². The normalized spacial score (nSPS) is 11.3. The van der Waals surface area contributed by atoms with Crippen LogP contribution in [-0.4, -0.2) is 24.9 Å². The molecule has 0 radical (unpaired) electrons. The molecule has 4 nitrogen and oxygen atoms in total. The van der Waals surface area contributed by atoms with Crippen molar-refractivity contribution < 1.29 is 36.3 Å². The van der Waals surface area contributed by atoms with Crippen molar-refractivity contribution in [3.8, 4) is 0 Å². The van der Waals surface area contributed by atoms with Crippen LogP contribution in [0.2, 0.25) is 0 Å². The number of hydrogen-bond acceptors (Lipinski definition) is 4. The number of esters is 1. The lowest BCUT2D eigenvalue weighted by Gasteiger charge is -2.11. The third-order valence-corrected chi connectivity index (χ3v) is 3.80. The van der Waals surface area contributed by atoms with Gasteiger partial charge < -0.3 is 10.1 Å². The van der Waals surface area contributed by atoms with Crippen LogP contribution in [0.3, 0.4) is 0 Å². The summed E-state index contributed by atoms with van der Waals surface area (Å²) in [5.41, 5.74) is -1.24. The largest absolute Gasteiger partial charge is 0.461 e. The molecule has 0 spiro atoms. The fourth-order valence-electron chi connectivity index (χ4n) is 2.40. The van der Waals surface area contributed by atoms with Crippen LogP contribution in [0.25, 0.3) is 0 Å². The Labute approximate surface area is 163 Å². The fourth-order valence-corrected chi connectivity index (χ4v) is 2.40. The number of ether oxygens (including phenoxy) is 1. The molecule has 154 valence electrons. The summed E-state index contributed by atoms with van der Waals surface area (Å²) in [7, 11) is 0. The Morgan fingerprint density at radius 1 is 0.931 bits per heavy atom. The molecule has 0 fully saturated rings. The number of ketones is 1. The highest BCUT2D eigenvalue weighted by atomic mass is 19.2. The molecule has 9 heteroatoms. The number of hydrogen-bond donors (Lipinski definition) is 1. The van der Waals surface area contributed by atoms with Crippen LogP contribution in [0, 0.1) is 29.1 Å². The number of halogens is 5. The minimum absolute atomic E-state index is 0.0622. The Morgan fingerprint density at radius 2 is 1.48 bits per heavy atom. The molecule has 0 aromatic heterocycles. The standard InChI is InChI=1S/C20H16F5NO3/c1-2-29-20(28)12(26-9-8-11-6-4-3-5-7-11)10-13(27)14-15(21)17(23)19(25)18(24)16(14)22/h3-7,10,26H,2,8-9H2,1H3. The summed E-state index contributed by atoms with van der Waals surface area (Å²) in [5, 5.41) is 2.59. The molecule has 29 heavy (non-hydrogen) atoms. The zero-order valence-electron chi connectivity index (χ0n) is 15.2. The average Bonchev–Trinajstić information content (AvgIpc) is 2.71. The van der Waals surface area contributed by atoms with Crippen LogP contribution in [0.5, 0.6) is 0 Å². The van der Waals surface area contributed by atoms with Gasteiger partial charge in [-0.3, -0.25) is 4.79 Å². The second-order valence-electron chi connectivity index (χ2n) is 5.75. The van der Waals surface area contributed by atoms with Crippen LogP contribution < -0.4 is 5.32 Å². The van der Waals surface area contributed by atoms with Gasteiger partial charge in [0.2, 0.25) is 5.82 Å². The smallest absolute Gasteiger partial charge is 0.354 e. The van der Waals surface area contributed by atoms with Crippen LogP contribution in [0.4, 0.5) is 22.0 Å². The van der Waals surface area contributed by atoms with Crippen molar-refractivity contribution in [2.45, 2.75) is 13.3 Å². The first-order chi connectivity index (χ1) is 13.8. The summed E-state index contributed by atoms with van der Waals surface area (Å²) >= 11 is 0. The van der Waals surface area contributed by atoms with Crippen molar-refractivity contribution in [2.75, 3.05) is 13.2 Å². The Hall–Kier alpha value is -3.23. The molecule has 1 N–H and O–H groups in total. The molecule has 0 aliphatic rings. The Balaban J connectivity index is 2.31. The minimum Gasteiger partial charge on any atom is -0.461 e. The number of carbonyl (C=O) groups is 2. The van der Waals surface area contributed by atoms with E-state index in [1.165, 1.54) is 6.92 Å². The number of allylic oxidation sites excluding steroid dienone is 1. The van der Waals surface area contributed by atoms with E-state index >= 15 is 0 Å². The van der Waals surface area contributed by atoms with E-state index in [1.54, 1.807) is 12.1 Å². The quantitative estimate of drug-likeness (QED) is 0.178. The van der Waals surface area contributed by atoms with E-state index in [-0.39, 0.29) is 13.2 Å². The van der Waals surface area contributed by atoms with Crippen molar-refractivity contribution in [3.63, 3.8) is 0 Å². The van der Waals surface area contributed by atoms with Gasteiger partial charge in [-0.2, -0.15) is 0 Å². The molecule has 0 bridgehead atoms. The fraction of sp³-hybridized carbons (Fsp3) is 0.200. The molecule has 2 aromatic rings. The molecule has 0 saturated carbocycles. The van der Waals surface area contributed by atoms with Gasteiger partial charge in [-0.15, -0.1) is 0 Å². The zero-order chi connectivity index (χ0) is 21.6. The number of rotatable bonds is 8. The lowest BCUT2D eigenvalue weighted by atomic mass is 10.1. The van der Waals surface area contributed by atoms with Gasteiger partial charge in [0.25, 0.3) is 0 Å². The van der Waals surface area contributed by atoms with Crippen LogP contribution in [0.1, 0.15) is 22.8 Å². The van der Waals surface area contributed by atoms with Gasteiger partial charge in [0.05, 0.1) is 12.2 Å². The van der Waals surface area contributed by atoms with Gasteiger partial charge in [0, 0.05) is 12.6 Å². The van der Waals surface area contributed by atoms with Crippen molar-refractivity contribution in [1.29, 1.82) is 0 Å². The monoisotopic (exact) mass is 413 g/mol. The summed E-state index contributed by atoms with van der Waals surface area (Å²) in [4.78, 5) is 24.2. The lowest BCUT2D eigenvalue weighted by Crippen LogP contribution is -2.26. The third kappa shape index (κ3) is 5.18. The Morgan fingerprint density at radius 3 is 2.03 bits per heavy atom. The van der Waals surface area contributed by atoms with E-state index in [4.69, 9.17) is 4.74 Å². The van der Waals surface area contributed by atoms with E-state index in [9.17, 15) is 31.5 Å². The zero-order valence-corrected chi connectivity index (χ0v) is 15.2. The molecule has 0 amide bonds. The summed E-state index contributed by atoms with van der Waals surface area (Å²) in [6.45, 7) is 1.57. The summed E-state index contributed by atoms with van der Waals surface area (Å²) < 4.78 is 72.2. The predicted octanol–water partition coefficient (Wildman–Crippen LogP) is 3.84. The van der Waals surface area contributed by atoms with E-state index in [0.717, 1.165) is 5.56 Å². The van der Waals surface area contributed by atoms with E-state index in [1.807, 2.05) is 18.2 Å². The maximum Gasteiger partial charge on any atom is 0.354 e. The van der Waals surface area contributed by atoms with Crippen molar-refractivity contribution >= 4 is 11.8 Å². The number of carbonyl (C=O) groups excluding carboxylic acids is 2. The molecule has 2 rings (SSSR count). The molecule has 2 aromatic carbocycles.